The number of carbonyl (C=O) groups is 2. The number of aromatic nitrogens is 1. The summed E-state index contributed by atoms with van der Waals surface area (Å²) in [5.74, 6) is 0.0593. The van der Waals surface area contributed by atoms with E-state index in [0.717, 1.165) is 16.8 Å². The summed E-state index contributed by atoms with van der Waals surface area (Å²) in [5, 5.41) is 5.28. The zero-order valence-corrected chi connectivity index (χ0v) is 17.7. The van der Waals surface area contributed by atoms with Crippen LogP contribution in [-0.4, -0.2) is 23.9 Å². The van der Waals surface area contributed by atoms with E-state index in [2.05, 4.69) is 10.3 Å². The first-order valence-electron chi connectivity index (χ1n) is 9.80. The molecule has 0 radical (unpaired) electrons. The second-order valence-corrected chi connectivity index (χ2v) is 8.15. The number of carbonyl (C=O) groups excluding carboxylic acids is 2. The Bertz CT molecular complexity index is 1030. The monoisotopic (exact) mass is 421 g/mol. The van der Waals surface area contributed by atoms with E-state index >= 15 is 0 Å². The van der Waals surface area contributed by atoms with Gasteiger partial charge in [0, 0.05) is 29.2 Å². The van der Waals surface area contributed by atoms with Gasteiger partial charge in [-0.2, -0.15) is 0 Å². The smallest absolute Gasteiger partial charge is 0.231 e. The first-order valence-corrected chi connectivity index (χ1v) is 10.7. The highest BCUT2D eigenvalue weighted by atomic mass is 32.1. The van der Waals surface area contributed by atoms with Gasteiger partial charge in [-0.15, -0.1) is 11.3 Å². The average molecular weight is 422 g/mol. The number of nitrogens with zero attached hydrogens (tertiary/aromatic N) is 2. The molecule has 0 aliphatic carbocycles. The van der Waals surface area contributed by atoms with E-state index in [1.807, 2.05) is 60.8 Å². The Balaban J connectivity index is 1.79. The molecule has 154 valence electrons. The molecule has 2 atom stereocenters. The van der Waals surface area contributed by atoms with E-state index in [1.54, 1.807) is 18.2 Å². The highest BCUT2D eigenvalue weighted by Crippen LogP contribution is 2.43. The molecule has 6 nitrogen and oxygen atoms in total. The number of nitrogens with one attached hydrogen (secondary N) is 1. The Hall–Kier alpha value is -3.19. The van der Waals surface area contributed by atoms with Crippen LogP contribution in [0.1, 0.15) is 30.0 Å². The number of rotatable bonds is 5. The summed E-state index contributed by atoms with van der Waals surface area (Å²) in [6, 6.07) is 14.9. The number of benzene rings is 2. The molecule has 1 N–H and O–H groups in total. The van der Waals surface area contributed by atoms with Crippen LogP contribution in [0.2, 0.25) is 0 Å². The van der Waals surface area contributed by atoms with E-state index in [9.17, 15) is 9.59 Å². The number of para-hydroxylation sites is 1. The van der Waals surface area contributed by atoms with Crippen LogP contribution in [0.5, 0.6) is 5.75 Å². The predicted octanol–water partition coefficient (Wildman–Crippen LogP) is 4.58. The lowest BCUT2D eigenvalue weighted by Crippen LogP contribution is -2.47. The second kappa shape index (κ2) is 8.67. The van der Waals surface area contributed by atoms with Gasteiger partial charge in [-0.1, -0.05) is 35.9 Å². The first kappa shape index (κ1) is 20.1. The standard InChI is InChI=1S/C23H23N3O3S/c1-15-7-9-16(10-8-15)26-20(27)12-11-18(22(28)25-23-24-13-14-30-23)21(26)17-5-3-4-6-19(17)29-2/h3-10,13-14,18,21H,11-12H2,1-2H3,(H,24,25,28)/t18-,21-/m1/s1. The van der Waals surface area contributed by atoms with Gasteiger partial charge in [0.25, 0.3) is 0 Å². The maximum Gasteiger partial charge on any atom is 0.231 e. The molecule has 1 saturated heterocycles. The lowest BCUT2D eigenvalue weighted by atomic mass is 9.82. The van der Waals surface area contributed by atoms with Crippen molar-refractivity contribution in [2.75, 3.05) is 17.3 Å². The summed E-state index contributed by atoms with van der Waals surface area (Å²) in [7, 11) is 1.60. The topological polar surface area (TPSA) is 71.5 Å². The molecule has 4 rings (SSSR count). The van der Waals surface area contributed by atoms with Crippen molar-refractivity contribution in [1.82, 2.24) is 4.98 Å². The van der Waals surface area contributed by atoms with Crippen molar-refractivity contribution in [2.45, 2.75) is 25.8 Å². The van der Waals surface area contributed by atoms with Crippen molar-refractivity contribution in [2.24, 2.45) is 5.92 Å². The van der Waals surface area contributed by atoms with E-state index < -0.39 is 12.0 Å². The van der Waals surface area contributed by atoms with Crippen molar-refractivity contribution >= 4 is 34.0 Å². The summed E-state index contributed by atoms with van der Waals surface area (Å²) in [6.45, 7) is 2.00. The van der Waals surface area contributed by atoms with Gasteiger partial charge in [-0.3, -0.25) is 9.59 Å². The molecule has 2 amide bonds. The van der Waals surface area contributed by atoms with Crippen LogP contribution in [0.4, 0.5) is 10.8 Å². The van der Waals surface area contributed by atoms with Crippen LogP contribution in [-0.2, 0) is 9.59 Å². The first-order chi connectivity index (χ1) is 14.6. The number of thiazole rings is 1. The number of anilines is 2. The average Bonchev–Trinajstić information content (AvgIpc) is 3.27. The van der Waals surface area contributed by atoms with E-state index in [-0.39, 0.29) is 11.8 Å². The minimum atomic E-state index is -0.481. The lowest BCUT2D eigenvalue weighted by molar-refractivity contribution is -0.125. The van der Waals surface area contributed by atoms with Gasteiger partial charge >= 0.3 is 0 Å². The van der Waals surface area contributed by atoms with Crippen molar-refractivity contribution in [3.63, 3.8) is 0 Å². The van der Waals surface area contributed by atoms with Crippen molar-refractivity contribution < 1.29 is 14.3 Å². The maximum atomic E-state index is 13.3. The molecule has 2 heterocycles. The number of piperidine rings is 1. The molecular weight excluding hydrogens is 398 g/mol. The summed E-state index contributed by atoms with van der Waals surface area (Å²) in [4.78, 5) is 32.3. The van der Waals surface area contributed by atoms with Gasteiger partial charge in [-0.05, 0) is 31.5 Å². The summed E-state index contributed by atoms with van der Waals surface area (Å²) in [5.41, 5.74) is 2.69. The van der Waals surface area contributed by atoms with Crippen LogP contribution in [0, 0.1) is 12.8 Å². The molecule has 1 fully saturated rings. The van der Waals surface area contributed by atoms with E-state index in [4.69, 9.17) is 4.74 Å². The highest BCUT2D eigenvalue weighted by molar-refractivity contribution is 7.13. The third-order valence-corrected chi connectivity index (χ3v) is 6.05. The van der Waals surface area contributed by atoms with Crippen molar-refractivity contribution in [1.29, 1.82) is 0 Å². The zero-order chi connectivity index (χ0) is 21.1. The largest absolute Gasteiger partial charge is 0.496 e. The van der Waals surface area contributed by atoms with Gasteiger partial charge in [0.05, 0.1) is 19.1 Å². The van der Waals surface area contributed by atoms with E-state index in [0.29, 0.717) is 23.7 Å². The molecule has 7 heteroatoms. The number of amides is 2. The Morgan fingerprint density at radius 1 is 1.20 bits per heavy atom. The third-order valence-electron chi connectivity index (χ3n) is 5.37. The predicted molar refractivity (Wildman–Crippen MR) is 118 cm³/mol. The van der Waals surface area contributed by atoms with Gasteiger partial charge in [0.15, 0.2) is 5.13 Å². The number of hydrogen-bond acceptors (Lipinski definition) is 5. The lowest BCUT2D eigenvalue weighted by Gasteiger charge is -2.41. The molecule has 0 spiro atoms. The molecule has 30 heavy (non-hydrogen) atoms. The fraction of sp³-hybridized carbons (Fsp3) is 0.261. The summed E-state index contributed by atoms with van der Waals surface area (Å²) < 4.78 is 5.59. The third kappa shape index (κ3) is 3.93. The number of methoxy groups -OCH3 is 1. The minimum Gasteiger partial charge on any atom is -0.496 e. The molecule has 1 aliphatic rings. The Labute approximate surface area is 179 Å². The van der Waals surface area contributed by atoms with Crippen LogP contribution in [0.3, 0.4) is 0 Å². The molecule has 1 aromatic heterocycles. The number of ether oxygens (including phenoxy) is 1. The fourth-order valence-electron chi connectivity index (χ4n) is 3.93. The minimum absolute atomic E-state index is 0.00643. The zero-order valence-electron chi connectivity index (χ0n) is 16.9. The fourth-order valence-corrected chi connectivity index (χ4v) is 4.46. The Morgan fingerprint density at radius 3 is 2.67 bits per heavy atom. The van der Waals surface area contributed by atoms with Crippen LogP contribution in [0.15, 0.2) is 60.1 Å². The SMILES string of the molecule is COc1ccccc1[C@@H]1[C@H](C(=O)Nc2nccs2)CCC(=O)N1c1ccc(C)cc1. The summed E-state index contributed by atoms with van der Waals surface area (Å²) in [6.07, 6.45) is 2.41. The molecule has 3 aromatic rings. The molecule has 1 aliphatic heterocycles. The summed E-state index contributed by atoms with van der Waals surface area (Å²) >= 11 is 1.37. The molecule has 0 saturated carbocycles. The number of hydrogen-bond donors (Lipinski definition) is 1. The van der Waals surface area contributed by atoms with E-state index in [1.165, 1.54) is 11.3 Å². The van der Waals surface area contributed by atoms with Crippen LogP contribution < -0.4 is 15.0 Å². The van der Waals surface area contributed by atoms with Crippen LogP contribution >= 0.6 is 11.3 Å². The normalized spacial score (nSPS) is 18.9. The van der Waals surface area contributed by atoms with Crippen molar-refractivity contribution in [3.05, 3.63) is 71.2 Å². The molecule has 0 unspecified atom stereocenters. The Morgan fingerprint density at radius 2 is 1.97 bits per heavy atom. The molecular formula is C23H23N3O3S. The van der Waals surface area contributed by atoms with Gasteiger partial charge in [0.2, 0.25) is 11.8 Å². The quantitative estimate of drug-likeness (QED) is 0.654. The second-order valence-electron chi connectivity index (χ2n) is 7.26. The number of aryl methyl sites for hydroxylation is 1. The maximum absolute atomic E-state index is 13.3. The molecule has 2 aromatic carbocycles. The van der Waals surface area contributed by atoms with Crippen molar-refractivity contribution in [3.8, 4) is 5.75 Å². The van der Waals surface area contributed by atoms with Gasteiger partial charge in [-0.25, -0.2) is 4.98 Å². The highest BCUT2D eigenvalue weighted by Gasteiger charge is 2.42. The van der Waals surface area contributed by atoms with Gasteiger partial charge in [0.1, 0.15) is 5.75 Å². The van der Waals surface area contributed by atoms with Crippen LogP contribution in [0.25, 0.3) is 0 Å². The Kier molecular flexibility index (Phi) is 5.81. The van der Waals surface area contributed by atoms with Gasteiger partial charge < -0.3 is 15.0 Å². The molecule has 0 bridgehead atoms.